The van der Waals surface area contributed by atoms with Crippen LogP contribution in [0.4, 0.5) is 5.82 Å². The van der Waals surface area contributed by atoms with E-state index in [1.807, 2.05) is 37.4 Å². The van der Waals surface area contributed by atoms with Crippen molar-refractivity contribution in [1.82, 2.24) is 15.4 Å². The third-order valence-corrected chi connectivity index (χ3v) is 6.12. The summed E-state index contributed by atoms with van der Waals surface area (Å²) in [5.74, 6) is 0.901. The van der Waals surface area contributed by atoms with Crippen molar-refractivity contribution in [3.05, 3.63) is 47.7 Å². The van der Waals surface area contributed by atoms with Crippen LogP contribution in [0, 0.1) is 6.92 Å². The van der Waals surface area contributed by atoms with Crippen LogP contribution in [-0.4, -0.2) is 68.0 Å². The number of rotatable bonds is 6. The van der Waals surface area contributed by atoms with E-state index in [1.54, 1.807) is 0 Å². The Morgan fingerprint density at radius 2 is 1.81 bits per heavy atom. The molecule has 2 aliphatic heterocycles. The molecule has 1 N–H and O–H groups in total. The second-order valence-electron chi connectivity index (χ2n) is 8.10. The molecule has 0 aliphatic carbocycles. The third kappa shape index (κ3) is 5.23. The van der Waals surface area contributed by atoms with Gasteiger partial charge in [0.15, 0.2) is 0 Å². The van der Waals surface area contributed by atoms with Crippen molar-refractivity contribution in [2.45, 2.75) is 32.7 Å². The molecule has 0 atom stereocenters. The lowest BCUT2D eigenvalue weighted by Crippen LogP contribution is -2.50. The molecule has 1 amide bonds. The first kappa shape index (κ1) is 21.7. The summed E-state index contributed by atoms with van der Waals surface area (Å²) >= 11 is 0. The summed E-state index contributed by atoms with van der Waals surface area (Å²) in [5.41, 5.74) is 6.78. The van der Waals surface area contributed by atoms with Crippen LogP contribution >= 0.6 is 0 Å². The standard InChI is InChI=1S/C24H32N4O3/c1-3-28(21-8-12-30-13-9-21)26-24(29)22-16-19(5-4-18(22)2)20-6-7-23(25-17-20)27-10-14-31-15-11-27/h4-7,16-17,21H,3,8-15H2,1-2H3,(H,26,29). The number of morpholine rings is 1. The Balaban J connectivity index is 1.49. The molecule has 7 nitrogen and oxygen atoms in total. The number of ether oxygens (including phenoxy) is 2. The summed E-state index contributed by atoms with van der Waals surface area (Å²) in [6, 6.07) is 10.5. The average Bonchev–Trinajstić information content (AvgIpc) is 2.84. The lowest BCUT2D eigenvalue weighted by Gasteiger charge is -2.33. The van der Waals surface area contributed by atoms with E-state index in [0.29, 0.717) is 11.6 Å². The molecule has 2 fully saturated rings. The predicted octanol–water partition coefficient (Wildman–Crippen LogP) is 3.04. The number of nitrogens with one attached hydrogen (secondary N) is 1. The fourth-order valence-electron chi connectivity index (χ4n) is 4.20. The van der Waals surface area contributed by atoms with Crippen LogP contribution in [0.15, 0.2) is 36.5 Å². The fourth-order valence-corrected chi connectivity index (χ4v) is 4.20. The van der Waals surface area contributed by atoms with E-state index in [0.717, 1.165) is 81.4 Å². The van der Waals surface area contributed by atoms with E-state index in [4.69, 9.17) is 9.47 Å². The van der Waals surface area contributed by atoms with E-state index in [2.05, 4.69) is 33.3 Å². The van der Waals surface area contributed by atoms with Crippen LogP contribution in [0.25, 0.3) is 11.1 Å². The van der Waals surface area contributed by atoms with Crippen molar-refractivity contribution in [3.63, 3.8) is 0 Å². The molecule has 0 unspecified atom stereocenters. The molecule has 166 valence electrons. The maximum Gasteiger partial charge on any atom is 0.265 e. The van der Waals surface area contributed by atoms with Crippen LogP contribution in [0.3, 0.4) is 0 Å². The first-order chi connectivity index (χ1) is 15.2. The van der Waals surface area contributed by atoms with Crippen molar-refractivity contribution >= 4 is 11.7 Å². The molecule has 1 aromatic heterocycles. The van der Waals surface area contributed by atoms with Gasteiger partial charge in [-0.1, -0.05) is 19.1 Å². The number of anilines is 1. The minimum Gasteiger partial charge on any atom is -0.381 e. The zero-order valence-electron chi connectivity index (χ0n) is 18.5. The van der Waals surface area contributed by atoms with Crippen LogP contribution in [0.5, 0.6) is 0 Å². The molecule has 0 radical (unpaired) electrons. The number of aryl methyl sites for hydroxylation is 1. The molecule has 2 saturated heterocycles. The summed E-state index contributed by atoms with van der Waals surface area (Å²) in [6.45, 7) is 9.51. The highest BCUT2D eigenvalue weighted by atomic mass is 16.5. The van der Waals surface area contributed by atoms with Gasteiger partial charge < -0.3 is 14.4 Å². The Morgan fingerprint density at radius 1 is 1.10 bits per heavy atom. The van der Waals surface area contributed by atoms with Crippen molar-refractivity contribution in [1.29, 1.82) is 0 Å². The van der Waals surface area contributed by atoms with Gasteiger partial charge in [0.05, 0.1) is 13.2 Å². The number of hydrazine groups is 1. The molecule has 0 bridgehead atoms. The minimum atomic E-state index is -0.0643. The highest BCUT2D eigenvalue weighted by molar-refractivity contribution is 5.96. The van der Waals surface area contributed by atoms with E-state index in [1.165, 1.54) is 0 Å². The monoisotopic (exact) mass is 424 g/mol. The first-order valence-electron chi connectivity index (χ1n) is 11.2. The highest BCUT2D eigenvalue weighted by Gasteiger charge is 2.23. The van der Waals surface area contributed by atoms with Gasteiger partial charge >= 0.3 is 0 Å². The average molecular weight is 425 g/mol. The van der Waals surface area contributed by atoms with Gasteiger partial charge in [-0.05, 0) is 49.1 Å². The minimum absolute atomic E-state index is 0.0643. The molecule has 31 heavy (non-hydrogen) atoms. The molecule has 2 aliphatic rings. The molecule has 3 heterocycles. The summed E-state index contributed by atoms with van der Waals surface area (Å²) in [5, 5.41) is 2.05. The van der Waals surface area contributed by atoms with Gasteiger partial charge in [-0.2, -0.15) is 0 Å². The SMILES string of the molecule is CCN(NC(=O)c1cc(-c2ccc(N3CCOCC3)nc2)ccc1C)C1CCOCC1. The first-order valence-corrected chi connectivity index (χ1v) is 11.2. The predicted molar refractivity (Wildman–Crippen MR) is 121 cm³/mol. The molecule has 7 heteroatoms. The Hall–Kier alpha value is -2.48. The summed E-state index contributed by atoms with van der Waals surface area (Å²) in [4.78, 5) is 20.0. The Kier molecular flexibility index (Phi) is 7.17. The van der Waals surface area contributed by atoms with Crippen molar-refractivity contribution in [2.75, 3.05) is 51.0 Å². The van der Waals surface area contributed by atoms with Crippen molar-refractivity contribution in [2.24, 2.45) is 0 Å². The van der Waals surface area contributed by atoms with Gasteiger partial charge in [-0.25, -0.2) is 9.99 Å². The largest absolute Gasteiger partial charge is 0.381 e. The molecule has 4 rings (SSSR count). The summed E-state index contributed by atoms with van der Waals surface area (Å²) in [6.07, 6.45) is 3.76. The summed E-state index contributed by atoms with van der Waals surface area (Å²) in [7, 11) is 0. The fraction of sp³-hybridized carbons (Fsp3) is 0.500. The normalized spacial score (nSPS) is 17.7. The second kappa shape index (κ2) is 10.2. The molecule has 1 aromatic carbocycles. The zero-order chi connectivity index (χ0) is 21.6. The smallest absolute Gasteiger partial charge is 0.265 e. The van der Waals surface area contributed by atoms with Crippen molar-refractivity contribution in [3.8, 4) is 11.1 Å². The molecule has 0 saturated carbocycles. The number of carbonyl (C=O) groups is 1. The van der Waals surface area contributed by atoms with Gasteiger partial charge in [-0.3, -0.25) is 10.2 Å². The number of carbonyl (C=O) groups excluding carboxylic acids is 1. The number of benzene rings is 1. The van der Waals surface area contributed by atoms with Gasteiger partial charge in [0.2, 0.25) is 0 Å². The Morgan fingerprint density at radius 3 is 2.48 bits per heavy atom. The highest BCUT2D eigenvalue weighted by Crippen LogP contribution is 2.24. The van der Waals surface area contributed by atoms with Crippen LogP contribution in [0.1, 0.15) is 35.7 Å². The number of nitrogens with zero attached hydrogens (tertiary/aromatic N) is 3. The summed E-state index contributed by atoms with van der Waals surface area (Å²) < 4.78 is 10.9. The molecule has 2 aromatic rings. The Labute approximate surface area is 184 Å². The molecular formula is C24H32N4O3. The quantitative estimate of drug-likeness (QED) is 0.719. The Bertz CT molecular complexity index is 875. The van der Waals surface area contributed by atoms with Crippen LogP contribution in [-0.2, 0) is 9.47 Å². The van der Waals surface area contributed by atoms with Crippen LogP contribution < -0.4 is 10.3 Å². The maximum absolute atomic E-state index is 13.1. The molecular weight excluding hydrogens is 392 g/mol. The van der Waals surface area contributed by atoms with E-state index in [9.17, 15) is 4.79 Å². The maximum atomic E-state index is 13.1. The topological polar surface area (TPSA) is 66.9 Å². The van der Waals surface area contributed by atoms with Gasteiger partial charge in [-0.15, -0.1) is 0 Å². The number of hydrogen-bond acceptors (Lipinski definition) is 6. The number of aromatic nitrogens is 1. The van der Waals surface area contributed by atoms with Gasteiger partial charge in [0, 0.05) is 56.2 Å². The van der Waals surface area contributed by atoms with E-state index >= 15 is 0 Å². The van der Waals surface area contributed by atoms with E-state index in [-0.39, 0.29) is 5.91 Å². The van der Waals surface area contributed by atoms with Gasteiger partial charge in [0.1, 0.15) is 5.82 Å². The third-order valence-electron chi connectivity index (χ3n) is 6.12. The van der Waals surface area contributed by atoms with Crippen LogP contribution in [0.2, 0.25) is 0 Å². The number of hydrogen-bond donors (Lipinski definition) is 1. The van der Waals surface area contributed by atoms with Gasteiger partial charge in [0.25, 0.3) is 5.91 Å². The zero-order valence-corrected chi connectivity index (χ0v) is 18.5. The lowest BCUT2D eigenvalue weighted by molar-refractivity contribution is 0.0147. The van der Waals surface area contributed by atoms with Crippen molar-refractivity contribution < 1.29 is 14.3 Å². The molecule has 0 spiro atoms. The number of pyridine rings is 1. The number of amides is 1. The van der Waals surface area contributed by atoms with E-state index < -0.39 is 0 Å². The lowest BCUT2D eigenvalue weighted by atomic mass is 10.0. The second-order valence-corrected chi connectivity index (χ2v) is 8.10.